The Morgan fingerprint density at radius 2 is 2.20 bits per heavy atom. The number of hydrogen-bond acceptors (Lipinski definition) is 3. The van der Waals surface area contributed by atoms with E-state index < -0.39 is 0 Å². The van der Waals surface area contributed by atoms with Crippen LogP contribution in [0.5, 0.6) is 0 Å². The number of hydroxylamine groups is 2. The van der Waals surface area contributed by atoms with Crippen molar-refractivity contribution in [2.45, 2.75) is 24.8 Å². The summed E-state index contributed by atoms with van der Waals surface area (Å²) in [7, 11) is 3.58. The molecule has 2 N–H and O–H groups in total. The van der Waals surface area contributed by atoms with Gasteiger partial charge in [-0.2, -0.15) is 5.06 Å². The molecule has 1 aliphatic rings. The van der Waals surface area contributed by atoms with Crippen LogP contribution in [0.4, 0.5) is 0 Å². The van der Waals surface area contributed by atoms with E-state index >= 15 is 0 Å². The lowest BCUT2D eigenvalue weighted by atomic mass is 9.78. The molecule has 0 amide bonds. The van der Waals surface area contributed by atoms with Crippen LogP contribution < -0.4 is 5.73 Å². The fourth-order valence-electron chi connectivity index (χ4n) is 1.30. The van der Waals surface area contributed by atoms with Gasteiger partial charge in [-0.25, -0.2) is 0 Å². The van der Waals surface area contributed by atoms with Gasteiger partial charge in [0.15, 0.2) is 0 Å². The van der Waals surface area contributed by atoms with Crippen molar-refractivity contribution in [2.75, 3.05) is 20.7 Å². The maximum Gasteiger partial charge on any atom is 0.0575 e. The van der Waals surface area contributed by atoms with Gasteiger partial charge in [-0.1, -0.05) is 0 Å². The first kappa shape index (κ1) is 7.98. The van der Waals surface area contributed by atoms with Gasteiger partial charge in [-0.3, -0.25) is 0 Å². The second-order valence-electron chi connectivity index (χ2n) is 3.18. The highest BCUT2D eigenvalue weighted by Crippen LogP contribution is 2.29. The van der Waals surface area contributed by atoms with E-state index in [9.17, 15) is 0 Å². The van der Waals surface area contributed by atoms with Gasteiger partial charge < -0.3 is 10.6 Å². The lowest BCUT2D eigenvalue weighted by Crippen LogP contribution is -2.54. The third kappa shape index (κ3) is 1.68. The van der Waals surface area contributed by atoms with Gasteiger partial charge in [0.05, 0.1) is 7.11 Å². The molecule has 3 nitrogen and oxygen atoms in total. The van der Waals surface area contributed by atoms with Crippen molar-refractivity contribution >= 4 is 0 Å². The molecular formula is C7H16N2O. The summed E-state index contributed by atoms with van der Waals surface area (Å²) in [5.41, 5.74) is 6.00. The Hall–Kier alpha value is -0.120. The highest BCUT2D eigenvalue weighted by atomic mass is 16.7. The van der Waals surface area contributed by atoms with E-state index in [-0.39, 0.29) is 5.54 Å². The monoisotopic (exact) mass is 144 g/mol. The lowest BCUT2D eigenvalue weighted by molar-refractivity contribution is -0.127. The molecule has 1 aliphatic carbocycles. The van der Waals surface area contributed by atoms with Gasteiger partial charge in [0.25, 0.3) is 0 Å². The molecule has 10 heavy (non-hydrogen) atoms. The van der Waals surface area contributed by atoms with Crippen LogP contribution >= 0.6 is 0 Å². The maximum atomic E-state index is 5.96. The molecule has 0 heterocycles. The first-order valence-corrected chi connectivity index (χ1v) is 3.70. The van der Waals surface area contributed by atoms with Gasteiger partial charge in [-0.15, -0.1) is 0 Å². The number of nitrogens with two attached hydrogens (primary N) is 1. The zero-order chi connectivity index (χ0) is 7.61. The molecule has 0 bridgehead atoms. The summed E-state index contributed by atoms with van der Waals surface area (Å²) in [6.07, 6.45) is 3.55. The van der Waals surface area contributed by atoms with Crippen LogP contribution in [0.1, 0.15) is 19.3 Å². The van der Waals surface area contributed by atoms with Gasteiger partial charge in [0.2, 0.25) is 0 Å². The van der Waals surface area contributed by atoms with Crippen molar-refractivity contribution < 1.29 is 4.84 Å². The predicted octanol–water partition coefficient (Wildman–Crippen LogP) is 0.361. The molecule has 0 aliphatic heterocycles. The van der Waals surface area contributed by atoms with Crippen LogP contribution in [-0.4, -0.2) is 31.3 Å². The molecule has 1 rings (SSSR count). The molecule has 60 valence electrons. The highest BCUT2D eigenvalue weighted by molar-refractivity contribution is 4.93. The van der Waals surface area contributed by atoms with Gasteiger partial charge >= 0.3 is 0 Å². The number of hydrogen-bond donors (Lipinski definition) is 1. The van der Waals surface area contributed by atoms with Crippen LogP contribution in [0.15, 0.2) is 0 Å². The molecule has 0 spiro atoms. The Balaban J connectivity index is 2.22. The summed E-state index contributed by atoms with van der Waals surface area (Å²) in [5.74, 6) is 0. The summed E-state index contributed by atoms with van der Waals surface area (Å²) in [4.78, 5) is 4.98. The summed E-state index contributed by atoms with van der Waals surface area (Å²) in [5, 5.41) is 1.79. The molecular weight excluding hydrogens is 128 g/mol. The minimum Gasteiger partial charge on any atom is -0.324 e. The van der Waals surface area contributed by atoms with Crippen LogP contribution in [0.3, 0.4) is 0 Å². The van der Waals surface area contributed by atoms with Crippen LogP contribution in [0.2, 0.25) is 0 Å². The summed E-state index contributed by atoms with van der Waals surface area (Å²) < 4.78 is 0. The van der Waals surface area contributed by atoms with Gasteiger partial charge in [-0.05, 0) is 19.3 Å². The molecule has 3 heteroatoms. The first-order valence-electron chi connectivity index (χ1n) is 3.70. The zero-order valence-corrected chi connectivity index (χ0v) is 6.76. The minimum absolute atomic E-state index is 0.0464. The van der Waals surface area contributed by atoms with Crippen molar-refractivity contribution in [3.63, 3.8) is 0 Å². The SMILES string of the molecule is CON(C)CC1(N)CCC1. The van der Waals surface area contributed by atoms with E-state index in [4.69, 9.17) is 10.6 Å². The fourth-order valence-corrected chi connectivity index (χ4v) is 1.30. The fraction of sp³-hybridized carbons (Fsp3) is 1.00. The van der Waals surface area contributed by atoms with Crippen molar-refractivity contribution in [1.29, 1.82) is 0 Å². The average molecular weight is 144 g/mol. The molecule has 1 saturated carbocycles. The number of likely N-dealkylation sites (N-methyl/N-ethyl adjacent to an activating group) is 1. The summed E-state index contributed by atoms with van der Waals surface area (Å²) in [6, 6.07) is 0. The molecule has 0 saturated heterocycles. The quantitative estimate of drug-likeness (QED) is 0.581. The standard InChI is InChI=1S/C7H16N2O/c1-9(10-2)6-7(8)4-3-5-7/h3-6,8H2,1-2H3. The second-order valence-corrected chi connectivity index (χ2v) is 3.18. The first-order chi connectivity index (χ1) is 4.66. The van der Waals surface area contributed by atoms with E-state index in [1.807, 2.05) is 7.05 Å². The predicted molar refractivity (Wildman–Crippen MR) is 40.4 cm³/mol. The second kappa shape index (κ2) is 2.86. The Morgan fingerprint density at radius 1 is 1.60 bits per heavy atom. The average Bonchev–Trinajstić information content (AvgIpc) is 1.84. The molecule has 0 atom stereocenters. The Labute approximate surface area is 62.1 Å². The van der Waals surface area contributed by atoms with Crippen molar-refractivity contribution in [3.8, 4) is 0 Å². The molecule has 0 radical (unpaired) electrons. The van der Waals surface area contributed by atoms with Gasteiger partial charge in [0.1, 0.15) is 0 Å². The van der Waals surface area contributed by atoms with Crippen LogP contribution in [0.25, 0.3) is 0 Å². The van der Waals surface area contributed by atoms with Crippen molar-refractivity contribution in [3.05, 3.63) is 0 Å². The van der Waals surface area contributed by atoms with E-state index in [0.717, 1.165) is 19.4 Å². The smallest absolute Gasteiger partial charge is 0.0575 e. The zero-order valence-electron chi connectivity index (χ0n) is 6.76. The van der Waals surface area contributed by atoms with Crippen molar-refractivity contribution in [2.24, 2.45) is 5.73 Å². The van der Waals surface area contributed by atoms with Crippen molar-refractivity contribution in [1.82, 2.24) is 5.06 Å². The molecule has 0 aromatic rings. The van der Waals surface area contributed by atoms with Gasteiger partial charge in [0, 0.05) is 19.1 Å². The third-order valence-electron chi connectivity index (χ3n) is 2.20. The maximum absolute atomic E-state index is 5.96. The lowest BCUT2D eigenvalue weighted by Gasteiger charge is -2.40. The van der Waals surface area contributed by atoms with E-state index in [1.165, 1.54) is 6.42 Å². The highest BCUT2D eigenvalue weighted by Gasteiger charge is 2.33. The Bertz CT molecular complexity index is 112. The Kier molecular flexibility index (Phi) is 2.28. The third-order valence-corrected chi connectivity index (χ3v) is 2.20. The largest absolute Gasteiger partial charge is 0.324 e. The molecule has 1 fully saturated rings. The van der Waals surface area contributed by atoms with Crippen LogP contribution in [-0.2, 0) is 4.84 Å². The van der Waals surface area contributed by atoms with E-state index in [2.05, 4.69) is 0 Å². The number of rotatable bonds is 3. The summed E-state index contributed by atoms with van der Waals surface area (Å²) in [6.45, 7) is 0.851. The molecule has 0 aromatic heterocycles. The van der Waals surface area contributed by atoms with E-state index in [1.54, 1.807) is 12.2 Å². The van der Waals surface area contributed by atoms with E-state index in [0.29, 0.717) is 0 Å². The summed E-state index contributed by atoms with van der Waals surface area (Å²) >= 11 is 0. The van der Waals surface area contributed by atoms with Crippen LogP contribution in [0, 0.1) is 0 Å². The topological polar surface area (TPSA) is 38.5 Å². The normalized spacial score (nSPS) is 22.8. The molecule has 0 unspecified atom stereocenters. The number of nitrogens with zero attached hydrogens (tertiary/aromatic N) is 1. The molecule has 0 aromatic carbocycles. The minimum atomic E-state index is 0.0464. The Morgan fingerprint density at radius 3 is 2.50 bits per heavy atom.